The SMILES string of the molecule is COc1ncc(-c2nc(-c3ccccc3F)no2)c(C)n1. The van der Waals surface area contributed by atoms with Crippen LogP contribution in [-0.4, -0.2) is 27.2 Å². The summed E-state index contributed by atoms with van der Waals surface area (Å²) in [5.74, 6) is -0.000669. The van der Waals surface area contributed by atoms with Crippen molar-refractivity contribution in [3.05, 3.63) is 42.0 Å². The topological polar surface area (TPSA) is 73.9 Å². The molecule has 0 unspecified atom stereocenters. The van der Waals surface area contributed by atoms with Crippen LogP contribution in [0.5, 0.6) is 6.01 Å². The first-order chi connectivity index (χ1) is 10.2. The molecule has 3 rings (SSSR count). The van der Waals surface area contributed by atoms with E-state index in [0.717, 1.165) is 0 Å². The zero-order chi connectivity index (χ0) is 14.8. The number of halogens is 1. The van der Waals surface area contributed by atoms with Crippen LogP contribution in [0.1, 0.15) is 5.69 Å². The molecular formula is C14H11FN4O2. The minimum atomic E-state index is -0.410. The van der Waals surface area contributed by atoms with E-state index in [4.69, 9.17) is 9.26 Å². The summed E-state index contributed by atoms with van der Waals surface area (Å²) in [5, 5.41) is 3.79. The lowest BCUT2D eigenvalue weighted by Gasteiger charge is -2.01. The smallest absolute Gasteiger partial charge is 0.316 e. The van der Waals surface area contributed by atoms with Gasteiger partial charge in [0.2, 0.25) is 5.82 Å². The molecule has 0 atom stereocenters. The van der Waals surface area contributed by atoms with E-state index in [1.807, 2.05) is 0 Å². The van der Waals surface area contributed by atoms with Crippen LogP contribution in [0.3, 0.4) is 0 Å². The highest BCUT2D eigenvalue weighted by molar-refractivity contribution is 5.60. The Morgan fingerprint density at radius 2 is 1.95 bits per heavy atom. The minimum absolute atomic E-state index is 0.179. The molecule has 0 aliphatic heterocycles. The highest BCUT2D eigenvalue weighted by Gasteiger charge is 2.16. The van der Waals surface area contributed by atoms with E-state index in [2.05, 4.69) is 20.1 Å². The van der Waals surface area contributed by atoms with Crippen LogP contribution in [0.4, 0.5) is 4.39 Å². The minimum Gasteiger partial charge on any atom is -0.467 e. The molecule has 0 radical (unpaired) electrons. The third kappa shape index (κ3) is 2.45. The lowest BCUT2D eigenvalue weighted by atomic mass is 10.2. The van der Waals surface area contributed by atoms with E-state index in [1.54, 1.807) is 25.1 Å². The van der Waals surface area contributed by atoms with Gasteiger partial charge in [-0.15, -0.1) is 0 Å². The first-order valence-electron chi connectivity index (χ1n) is 6.15. The average Bonchev–Trinajstić information content (AvgIpc) is 2.97. The molecule has 106 valence electrons. The van der Waals surface area contributed by atoms with Gasteiger partial charge in [0.1, 0.15) is 5.82 Å². The quantitative estimate of drug-likeness (QED) is 0.737. The molecular weight excluding hydrogens is 275 g/mol. The first kappa shape index (κ1) is 13.2. The summed E-state index contributed by atoms with van der Waals surface area (Å²) >= 11 is 0. The molecule has 21 heavy (non-hydrogen) atoms. The Morgan fingerprint density at radius 3 is 2.67 bits per heavy atom. The molecule has 0 fully saturated rings. The fourth-order valence-electron chi connectivity index (χ4n) is 1.84. The maximum absolute atomic E-state index is 13.7. The predicted molar refractivity (Wildman–Crippen MR) is 72.0 cm³/mol. The first-order valence-corrected chi connectivity index (χ1v) is 6.15. The Bertz CT molecular complexity index is 788. The molecule has 3 aromatic rings. The van der Waals surface area contributed by atoms with Gasteiger partial charge in [0.05, 0.1) is 23.9 Å². The van der Waals surface area contributed by atoms with Crippen molar-refractivity contribution in [1.82, 2.24) is 20.1 Å². The maximum Gasteiger partial charge on any atom is 0.316 e. The van der Waals surface area contributed by atoms with Gasteiger partial charge in [0.15, 0.2) is 0 Å². The van der Waals surface area contributed by atoms with Gasteiger partial charge in [0, 0.05) is 6.20 Å². The van der Waals surface area contributed by atoms with Gasteiger partial charge in [-0.2, -0.15) is 9.97 Å². The lowest BCUT2D eigenvalue weighted by molar-refractivity contribution is 0.378. The number of nitrogens with zero attached hydrogens (tertiary/aromatic N) is 4. The highest BCUT2D eigenvalue weighted by Crippen LogP contribution is 2.25. The van der Waals surface area contributed by atoms with Crippen LogP contribution in [0.25, 0.3) is 22.8 Å². The van der Waals surface area contributed by atoms with Crippen LogP contribution >= 0.6 is 0 Å². The van der Waals surface area contributed by atoms with Crippen LogP contribution in [0, 0.1) is 12.7 Å². The molecule has 2 heterocycles. The Hall–Kier alpha value is -2.83. The van der Waals surface area contributed by atoms with E-state index in [0.29, 0.717) is 11.3 Å². The van der Waals surface area contributed by atoms with Gasteiger partial charge in [-0.3, -0.25) is 0 Å². The number of aryl methyl sites for hydroxylation is 1. The number of methoxy groups -OCH3 is 1. The maximum atomic E-state index is 13.7. The Balaban J connectivity index is 2.01. The van der Waals surface area contributed by atoms with E-state index in [-0.39, 0.29) is 23.3 Å². The van der Waals surface area contributed by atoms with Crippen molar-refractivity contribution >= 4 is 0 Å². The van der Waals surface area contributed by atoms with Gasteiger partial charge < -0.3 is 9.26 Å². The molecule has 0 saturated carbocycles. The fraction of sp³-hybridized carbons (Fsp3) is 0.143. The van der Waals surface area contributed by atoms with E-state index < -0.39 is 5.82 Å². The van der Waals surface area contributed by atoms with Crippen LogP contribution in [0.15, 0.2) is 35.0 Å². The summed E-state index contributed by atoms with van der Waals surface area (Å²) in [4.78, 5) is 12.3. The summed E-state index contributed by atoms with van der Waals surface area (Å²) in [6.07, 6.45) is 1.53. The van der Waals surface area contributed by atoms with Crippen molar-refractivity contribution in [2.75, 3.05) is 7.11 Å². The largest absolute Gasteiger partial charge is 0.467 e. The molecule has 0 amide bonds. The number of hydrogen-bond donors (Lipinski definition) is 0. The number of benzene rings is 1. The number of hydrogen-bond acceptors (Lipinski definition) is 6. The summed E-state index contributed by atoms with van der Waals surface area (Å²) < 4.78 is 23.8. The van der Waals surface area contributed by atoms with Crippen LogP contribution < -0.4 is 4.74 Å². The molecule has 6 nitrogen and oxygen atoms in total. The van der Waals surface area contributed by atoms with Crippen molar-refractivity contribution in [3.8, 4) is 28.9 Å². The van der Waals surface area contributed by atoms with Gasteiger partial charge >= 0.3 is 6.01 Å². The molecule has 2 aromatic heterocycles. The summed E-state index contributed by atoms with van der Waals surface area (Å²) in [7, 11) is 1.48. The molecule has 1 aromatic carbocycles. The Morgan fingerprint density at radius 1 is 1.14 bits per heavy atom. The number of aromatic nitrogens is 4. The average molecular weight is 286 g/mol. The Labute approximate surface area is 119 Å². The zero-order valence-corrected chi connectivity index (χ0v) is 11.4. The standard InChI is InChI=1S/C14H11FN4O2/c1-8-10(7-16-14(17-8)20-2)13-18-12(19-21-13)9-5-3-4-6-11(9)15/h3-7H,1-2H3. The molecule has 7 heteroatoms. The third-order valence-electron chi connectivity index (χ3n) is 2.91. The van der Waals surface area contributed by atoms with Crippen LogP contribution in [0.2, 0.25) is 0 Å². The van der Waals surface area contributed by atoms with E-state index in [1.165, 1.54) is 19.4 Å². The second kappa shape index (κ2) is 5.28. The number of rotatable bonds is 3. The molecule has 0 N–H and O–H groups in total. The second-order valence-electron chi connectivity index (χ2n) is 4.26. The fourth-order valence-corrected chi connectivity index (χ4v) is 1.84. The highest BCUT2D eigenvalue weighted by atomic mass is 19.1. The molecule has 0 aliphatic rings. The van der Waals surface area contributed by atoms with Crippen molar-refractivity contribution in [2.45, 2.75) is 6.92 Å². The second-order valence-corrected chi connectivity index (χ2v) is 4.26. The molecule has 0 aliphatic carbocycles. The normalized spacial score (nSPS) is 10.6. The summed E-state index contributed by atoms with van der Waals surface area (Å²) in [6.45, 7) is 1.77. The van der Waals surface area contributed by atoms with Crippen molar-refractivity contribution in [1.29, 1.82) is 0 Å². The molecule has 0 bridgehead atoms. The Kier molecular flexibility index (Phi) is 3.31. The van der Waals surface area contributed by atoms with Crippen molar-refractivity contribution in [2.24, 2.45) is 0 Å². The van der Waals surface area contributed by atoms with Gasteiger partial charge in [-0.1, -0.05) is 17.3 Å². The monoisotopic (exact) mass is 286 g/mol. The lowest BCUT2D eigenvalue weighted by Crippen LogP contribution is -1.96. The predicted octanol–water partition coefficient (Wildman–Crippen LogP) is 2.65. The third-order valence-corrected chi connectivity index (χ3v) is 2.91. The van der Waals surface area contributed by atoms with Crippen molar-refractivity contribution in [3.63, 3.8) is 0 Å². The van der Waals surface area contributed by atoms with E-state index in [9.17, 15) is 4.39 Å². The van der Waals surface area contributed by atoms with Gasteiger partial charge in [-0.25, -0.2) is 9.37 Å². The molecule has 0 saturated heterocycles. The van der Waals surface area contributed by atoms with Crippen molar-refractivity contribution < 1.29 is 13.7 Å². The van der Waals surface area contributed by atoms with Gasteiger partial charge in [-0.05, 0) is 19.1 Å². The number of ether oxygens (including phenoxy) is 1. The summed E-state index contributed by atoms with van der Waals surface area (Å²) in [6, 6.07) is 6.48. The summed E-state index contributed by atoms with van der Waals surface area (Å²) in [5.41, 5.74) is 1.48. The molecule has 0 spiro atoms. The van der Waals surface area contributed by atoms with Crippen LogP contribution in [-0.2, 0) is 0 Å². The zero-order valence-electron chi connectivity index (χ0n) is 11.4. The van der Waals surface area contributed by atoms with Gasteiger partial charge in [0.25, 0.3) is 5.89 Å². The van der Waals surface area contributed by atoms with E-state index >= 15 is 0 Å².